The Bertz CT molecular complexity index is 832. The van der Waals surface area contributed by atoms with E-state index in [9.17, 15) is 9.59 Å². The third kappa shape index (κ3) is 3.70. The van der Waals surface area contributed by atoms with Gasteiger partial charge in [0.25, 0.3) is 0 Å². The van der Waals surface area contributed by atoms with Crippen molar-refractivity contribution in [1.29, 1.82) is 0 Å². The van der Waals surface area contributed by atoms with Crippen molar-refractivity contribution in [2.24, 2.45) is 0 Å². The summed E-state index contributed by atoms with van der Waals surface area (Å²) in [6.07, 6.45) is -0.342. The Labute approximate surface area is 137 Å². The maximum Gasteiger partial charge on any atom is 0.240 e. The topological polar surface area (TPSA) is 97.8 Å². The minimum Gasteiger partial charge on any atom is -0.488 e. The van der Waals surface area contributed by atoms with Gasteiger partial charge in [-0.2, -0.15) is 5.21 Å². The van der Waals surface area contributed by atoms with Crippen molar-refractivity contribution in [3.05, 3.63) is 71.5 Å². The molecule has 24 heavy (non-hydrogen) atoms. The minimum atomic E-state index is -0.494. The van der Waals surface area contributed by atoms with Crippen LogP contribution in [0.3, 0.4) is 0 Å². The van der Waals surface area contributed by atoms with Gasteiger partial charge in [-0.15, -0.1) is 10.2 Å². The zero-order valence-corrected chi connectivity index (χ0v) is 12.7. The van der Waals surface area contributed by atoms with Crippen molar-refractivity contribution in [2.75, 3.05) is 0 Å². The zero-order valence-electron chi connectivity index (χ0n) is 12.7. The molecule has 1 heterocycles. The van der Waals surface area contributed by atoms with Gasteiger partial charge < -0.3 is 4.74 Å². The zero-order chi connectivity index (χ0) is 16.8. The number of para-hydroxylation sites is 1. The molecule has 1 N–H and O–H groups in total. The number of hydrogen-bond donors (Lipinski definition) is 1. The molecule has 0 spiro atoms. The molecule has 7 nitrogen and oxygen atoms in total. The molecule has 3 aromatic rings. The average molecular weight is 322 g/mol. The van der Waals surface area contributed by atoms with Crippen molar-refractivity contribution in [3.8, 4) is 5.75 Å². The molecule has 2 aromatic carbocycles. The first-order valence-corrected chi connectivity index (χ1v) is 7.29. The maximum absolute atomic E-state index is 12.4. The van der Waals surface area contributed by atoms with Crippen LogP contribution < -0.4 is 4.74 Å². The van der Waals surface area contributed by atoms with Gasteiger partial charge in [-0.05, 0) is 22.9 Å². The molecule has 1 aromatic heterocycles. The van der Waals surface area contributed by atoms with E-state index >= 15 is 0 Å². The number of carbonyl (C=O) groups is 2. The number of nitrogens with zero attached hydrogens (tertiary/aromatic N) is 3. The highest BCUT2D eigenvalue weighted by Gasteiger charge is 2.19. The van der Waals surface area contributed by atoms with Crippen LogP contribution in [0.2, 0.25) is 0 Å². The molecule has 0 aliphatic rings. The van der Waals surface area contributed by atoms with Crippen LogP contribution in [-0.2, 0) is 6.61 Å². The molecular weight excluding hydrogens is 308 g/mol. The molecular formula is C17H14N4O3. The third-order valence-corrected chi connectivity index (χ3v) is 3.34. The lowest BCUT2D eigenvalue weighted by atomic mass is 10.0. The molecule has 0 amide bonds. The summed E-state index contributed by atoms with van der Waals surface area (Å²) in [5.41, 5.74) is 1.34. The highest BCUT2D eigenvalue weighted by atomic mass is 16.5. The predicted molar refractivity (Wildman–Crippen MR) is 84.7 cm³/mol. The Morgan fingerprint density at radius 1 is 0.958 bits per heavy atom. The number of hydrogen-bond acceptors (Lipinski definition) is 6. The second-order valence-corrected chi connectivity index (χ2v) is 5.03. The van der Waals surface area contributed by atoms with Crippen LogP contribution in [0.25, 0.3) is 0 Å². The molecule has 3 rings (SSSR count). The average Bonchev–Trinajstić information content (AvgIpc) is 3.16. The number of rotatable bonds is 7. The summed E-state index contributed by atoms with van der Waals surface area (Å²) in [5, 5.41) is 12.7. The number of ether oxygens (including phenoxy) is 1. The number of benzene rings is 2. The van der Waals surface area contributed by atoms with Gasteiger partial charge in [0.15, 0.2) is 5.78 Å². The van der Waals surface area contributed by atoms with Gasteiger partial charge in [-0.1, -0.05) is 42.5 Å². The lowest BCUT2D eigenvalue weighted by Crippen LogP contribution is -2.11. The molecule has 0 unspecified atom stereocenters. The van der Waals surface area contributed by atoms with E-state index in [1.807, 2.05) is 30.3 Å². The van der Waals surface area contributed by atoms with Crippen LogP contribution in [0.1, 0.15) is 33.0 Å². The van der Waals surface area contributed by atoms with Gasteiger partial charge in [-0.25, -0.2) is 0 Å². The molecule has 0 fully saturated rings. The Kier molecular flexibility index (Phi) is 4.71. The summed E-state index contributed by atoms with van der Waals surface area (Å²) in [6.45, 7) is 0.337. The van der Waals surface area contributed by atoms with Crippen LogP contribution in [0.4, 0.5) is 0 Å². The van der Waals surface area contributed by atoms with E-state index in [2.05, 4.69) is 20.6 Å². The Hall–Kier alpha value is -3.35. The van der Waals surface area contributed by atoms with Gasteiger partial charge >= 0.3 is 0 Å². The number of Topliss-reactive ketones (excluding diaryl/α,β-unsaturated/α-hetero) is 2. The summed E-state index contributed by atoms with van der Waals surface area (Å²) < 4.78 is 5.73. The van der Waals surface area contributed by atoms with Gasteiger partial charge in [0.2, 0.25) is 11.6 Å². The number of H-pyrrole nitrogens is 1. The summed E-state index contributed by atoms with van der Waals surface area (Å²) in [5.74, 6) is -0.515. The van der Waals surface area contributed by atoms with E-state index in [-0.39, 0.29) is 18.0 Å². The fourth-order valence-corrected chi connectivity index (χ4v) is 2.16. The van der Waals surface area contributed by atoms with Crippen LogP contribution >= 0.6 is 0 Å². The standard InChI is InChI=1S/C17H14N4O3/c22-14(10-15(23)17-18-20-21-19-17)13-8-4-5-9-16(13)24-11-12-6-2-1-3-7-12/h1-9H,10-11H2,(H,18,19,20,21). The summed E-state index contributed by atoms with van der Waals surface area (Å²) in [7, 11) is 0. The molecule has 0 radical (unpaired) electrons. The second-order valence-electron chi connectivity index (χ2n) is 5.03. The van der Waals surface area contributed by atoms with Gasteiger partial charge in [0.1, 0.15) is 12.4 Å². The SMILES string of the molecule is O=C(CC(=O)c1ccccc1OCc1ccccc1)c1nn[nH]n1. The van der Waals surface area contributed by atoms with Crippen molar-refractivity contribution < 1.29 is 14.3 Å². The number of carbonyl (C=O) groups excluding carboxylic acids is 2. The smallest absolute Gasteiger partial charge is 0.240 e. The Balaban J connectivity index is 1.71. The van der Waals surface area contributed by atoms with Gasteiger partial charge in [0.05, 0.1) is 12.0 Å². The fraction of sp³-hybridized carbons (Fsp3) is 0.118. The first kappa shape index (κ1) is 15.5. The summed E-state index contributed by atoms with van der Waals surface area (Å²) in [4.78, 5) is 24.3. The molecule has 0 aliphatic heterocycles. The maximum atomic E-state index is 12.4. The fourth-order valence-electron chi connectivity index (χ4n) is 2.16. The van der Waals surface area contributed by atoms with Crippen LogP contribution in [-0.4, -0.2) is 32.2 Å². The Morgan fingerprint density at radius 3 is 2.46 bits per heavy atom. The predicted octanol–water partition coefficient (Wildman–Crippen LogP) is 2.23. The third-order valence-electron chi connectivity index (χ3n) is 3.34. The molecule has 120 valence electrons. The molecule has 0 aliphatic carbocycles. The number of ketones is 2. The van der Waals surface area contributed by atoms with E-state index in [1.165, 1.54) is 0 Å². The second kappa shape index (κ2) is 7.28. The lowest BCUT2D eigenvalue weighted by Gasteiger charge is -2.10. The van der Waals surface area contributed by atoms with Gasteiger partial charge in [-0.3, -0.25) is 9.59 Å². The summed E-state index contributed by atoms with van der Waals surface area (Å²) in [6, 6.07) is 16.5. The molecule has 0 saturated heterocycles. The number of tetrazole rings is 1. The van der Waals surface area contributed by atoms with Gasteiger partial charge in [0, 0.05) is 0 Å². The highest BCUT2D eigenvalue weighted by molar-refractivity contribution is 6.13. The molecule has 0 bridgehead atoms. The molecule has 0 atom stereocenters. The molecule has 7 heteroatoms. The van der Waals surface area contributed by atoms with Crippen molar-refractivity contribution >= 4 is 11.6 Å². The van der Waals surface area contributed by atoms with E-state index in [0.717, 1.165) is 5.56 Å². The first-order chi connectivity index (χ1) is 11.7. The van der Waals surface area contributed by atoms with Crippen LogP contribution in [0.5, 0.6) is 5.75 Å². The first-order valence-electron chi connectivity index (χ1n) is 7.29. The largest absolute Gasteiger partial charge is 0.488 e. The normalized spacial score (nSPS) is 10.3. The molecule has 0 saturated carbocycles. The van der Waals surface area contributed by atoms with Crippen LogP contribution in [0.15, 0.2) is 54.6 Å². The van der Waals surface area contributed by atoms with E-state index in [4.69, 9.17) is 4.74 Å². The van der Waals surface area contributed by atoms with E-state index < -0.39 is 5.78 Å². The minimum absolute atomic E-state index is 0.106. The van der Waals surface area contributed by atoms with Crippen molar-refractivity contribution in [1.82, 2.24) is 20.6 Å². The van der Waals surface area contributed by atoms with Crippen LogP contribution in [0, 0.1) is 0 Å². The Morgan fingerprint density at radius 2 is 1.71 bits per heavy atom. The number of aromatic nitrogens is 4. The van der Waals surface area contributed by atoms with Crippen molar-refractivity contribution in [3.63, 3.8) is 0 Å². The van der Waals surface area contributed by atoms with E-state index in [1.54, 1.807) is 24.3 Å². The number of aromatic amines is 1. The quantitative estimate of drug-likeness (QED) is 0.529. The van der Waals surface area contributed by atoms with E-state index in [0.29, 0.717) is 17.9 Å². The lowest BCUT2D eigenvalue weighted by molar-refractivity contribution is 0.0886. The monoisotopic (exact) mass is 322 g/mol. The van der Waals surface area contributed by atoms with Crippen molar-refractivity contribution in [2.45, 2.75) is 13.0 Å². The highest BCUT2D eigenvalue weighted by Crippen LogP contribution is 2.21. The summed E-state index contributed by atoms with van der Waals surface area (Å²) >= 11 is 0. The number of nitrogens with one attached hydrogen (secondary N) is 1.